The normalized spacial score (nSPS) is 18.5. The Labute approximate surface area is 245 Å². The molecular weight excluding hydrogens is 562 g/mol. The van der Waals surface area contributed by atoms with Gasteiger partial charge in [-0.25, -0.2) is 0 Å². The van der Waals surface area contributed by atoms with Crippen LogP contribution >= 0.6 is 15.9 Å². The van der Waals surface area contributed by atoms with Crippen LogP contribution in [-0.4, -0.2) is 5.78 Å². The van der Waals surface area contributed by atoms with E-state index in [4.69, 9.17) is 10.5 Å². The monoisotopic (exact) mass is 595 g/mol. The zero-order valence-electron chi connectivity index (χ0n) is 23.6. The van der Waals surface area contributed by atoms with Crippen molar-refractivity contribution in [2.45, 2.75) is 60.0 Å². The van der Waals surface area contributed by atoms with Crippen molar-refractivity contribution in [2.75, 3.05) is 4.90 Å². The first-order valence-electron chi connectivity index (χ1n) is 13.5. The summed E-state index contributed by atoms with van der Waals surface area (Å²) in [5.74, 6) is 0.679. The van der Waals surface area contributed by atoms with Gasteiger partial charge < -0.3 is 10.5 Å². The molecule has 1 aliphatic carbocycles. The van der Waals surface area contributed by atoms with Crippen LogP contribution in [0.25, 0.3) is 0 Å². The van der Waals surface area contributed by atoms with Gasteiger partial charge in [-0.15, -0.1) is 0 Å². The van der Waals surface area contributed by atoms with Crippen LogP contribution in [0.2, 0.25) is 0 Å². The number of ether oxygens (including phenoxy) is 1. The molecule has 5 nitrogen and oxygen atoms in total. The molecule has 0 bridgehead atoms. The van der Waals surface area contributed by atoms with E-state index in [1.807, 2.05) is 67.3 Å². The lowest BCUT2D eigenvalue weighted by atomic mass is 9.68. The third-order valence-electron chi connectivity index (χ3n) is 7.93. The van der Waals surface area contributed by atoms with Crippen molar-refractivity contribution in [1.29, 1.82) is 5.26 Å². The first-order valence-corrected chi connectivity index (χ1v) is 14.3. The van der Waals surface area contributed by atoms with Crippen LogP contribution in [0.4, 0.5) is 5.69 Å². The maximum absolute atomic E-state index is 14.0. The molecule has 0 amide bonds. The summed E-state index contributed by atoms with van der Waals surface area (Å²) in [6, 6.07) is 22.4. The van der Waals surface area contributed by atoms with Gasteiger partial charge in [-0.1, -0.05) is 55.8 Å². The molecule has 1 aliphatic heterocycles. The number of rotatable bonds is 5. The fourth-order valence-corrected chi connectivity index (χ4v) is 6.37. The van der Waals surface area contributed by atoms with Crippen LogP contribution in [0.1, 0.15) is 60.4 Å². The largest absolute Gasteiger partial charge is 0.489 e. The Morgan fingerprint density at radius 2 is 1.75 bits per heavy atom. The first-order chi connectivity index (χ1) is 19.0. The van der Waals surface area contributed by atoms with Crippen LogP contribution in [0, 0.1) is 37.5 Å². The molecule has 2 N–H and O–H groups in total. The van der Waals surface area contributed by atoms with Gasteiger partial charge in [0.15, 0.2) is 5.78 Å². The molecule has 204 valence electrons. The second kappa shape index (κ2) is 10.6. The topological polar surface area (TPSA) is 79.3 Å². The van der Waals surface area contributed by atoms with E-state index in [2.05, 4.69) is 54.9 Å². The minimum Gasteiger partial charge on any atom is -0.489 e. The number of hydrogen-bond donors (Lipinski definition) is 1. The molecule has 5 rings (SSSR count). The zero-order valence-corrected chi connectivity index (χ0v) is 25.2. The molecule has 3 aromatic carbocycles. The Balaban J connectivity index is 1.67. The average molecular weight is 597 g/mol. The highest BCUT2D eigenvalue weighted by atomic mass is 79.9. The molecule has 2 aliphatic rings. The van der Waals surface area contributed by atoms with E-state index in [9.17, 15) is 10.1 Å². The van der Waals surface area contributed by atoms with E-state index in [0.29, 0.717) is 36.4 Å². The van der Waals surface area contributed by atoms with Crippen molar-refractivity contribution in [3.8, 4) is 11.8 Å². The molecule has 1 heterocycles. The molecule has 0 saturated heterocycles. The molecule has 3 aromatic rings. The van der Waals surface area contributed by atoms with E-state index in [1.54, 1.807) is 0 Å². The van der Waals surface area contributed by atoms with Gasteiger partial charge in [0.05, 0.1) is 23.2 Å². The summed E-state index contributed by atoms with van der Waals surface area (Å²) < 4.78 is 6.98. The van der Waals surface area contributed by atoms with Crippen LogP contribution in [0.5, 0.6) is 5.75 Å². The Bertz CT molecular complexity index is 1610. The number of hydrogen-bond acceptors (Lipinski definition) is 5. The SMILES string of the molecule is Cc1ccc(OCc2cc(C3C(C#N)=C(N)N(c4ccccc4Br)C4=C3C(=O)CC(C)(C)C4)c(C)cc2C)cc1. The molecular formula is C34H34BrN3O2. The predicted octanol–water partition coefficient (Wildman–Crippen LogP) is 7.89. The molecule has 0 spiro atoms. The van der Waals surface area contributed by atoms with Crippen LogP contribution in [0.3, 0.4) is 0 Å². The van der Waals surface area contributed by atoms with E-state index in [0.717, 1.165) is 43.9 Å². The van der Waals surface area contributed by atoms with E-state index >= 15 is 0 Å². The minimum atomic E-state index is -0.541. The lowest BCUT2D eigenvalue weighted by molar-refractivity contribution is -0.118. The van der Waals surface area contributed by atoms with Crippen molar-refractivity contribution in [3.63, 3.8) is 0 Å². The number of allylic oxidation sites excluding steroid dienone is 3. The summed E-state index contributed by atoms with van der Waals surface area (Å²) in [6.07, 6.45) is 1.08. The number of nitriles is 1. The summed E-state index contributed by atoms with van der Waals surface area (Å²) in [6.45, 7) is 10.7. The Morgan fingerprint density at radius 3 is 2.42 bits per heavy atom. The molecule has 6 heteroatoms. The fraction of sp³-hybridized carbons (Fsp3) is 0.294. The molecule has 40 heavy (non-hydrogen) atoms. The maximum atomic E-state index is 14.0. The van der Waals surface area contributed by atoms with Gasteiger partial charge in [-0.3, -0.25) is 9.69 Å². The Hall–Kier alpha value is -3.82. The standard InChI is InChI=1S/C34H34BrN3O2/c1-20-10-12-24(13-11-20)40-19-23-15-25(22(3)14-21(23)2)31-26(18-36)33(37)38(28-9-7-6-8-27(28)35)29-16-34(4,5)17-30(39)32(29)31/h6-15,31H,16-17,19,37H2,1-5H3. The van der Waals surface area contributed by atoms with Crippen LogP contribution in [0.15, 0.2) is 87.8 Å². The van der Waals surface area contributed by atoms with Gasteiger partial charge in [0.25, 0.3) is 0 Å². The van der Waals surface area contributed by atoms with Crippen molar-refractivity contribution >= 4 is 27.4 Å². The number of para-hydroxylation sites is 1. The summed E-state index contributed by atoms with van der Waals surface area (Å²) in [5, 5.41) is 10.5. The predicted molar refractivity (Wildman–Crippen MR) is 163 cm³/mol. The van der Waals surface area contributed by atoms with E-state index < -0.39 is 5.92 Å². The lowest BCUT2D eigenvalue weighted by Gasteiger charge is -2.44. The fourth-order valence-electron chi connectivity index (χ4n) is 5.91. The van der Waals surface area contributed by atoms with Gasteiger partial charge in [0, 0.05) is 22.2 Å². The summed E-state index contributed by atoms with van der Waals surface area (Å²) in [5.41, 5.74) is 14.6. The molecule has 1 unspecified atom stereocenters. The molecule has 1 atom stereocenters. The van der Waals surface area contributed by atoms with Crippen LogP contribution in [-0.2, 0) is 11.4 Å². The highest BCUT2D eigenvalue weighted by Crippen LogP contribution is 2.51. The molecule has 0 fully saturated rings. The molecule has 0 aromatic heterocycles. The number of nitrogens with zero attached hydrogens (tertiary/aromatic N) is 2. The van der Waals surface area contributed by atoms with Gasteiger partial charge in [-0.2, -0.15) is 5.26 Å². The highest BCUT2D eigenvalue weighted by Gasteiger charge is 2.45. The number of nitrogens with two attached hydrogens (primary N) is 1. The van der Waals surface area contributed by atoms with Crippen LogP contribution < -0.4 is 15.4 Å². The molecule has 0 saturated carbocycles. The maximum Gasteiger partial charge on any atom is 0.162 e. The summed E-state index contributed by atoms with van der Waals surface area (Å²) in [4.78, 5) is 15.9. The number of anilines is 1. The summed E-state index contributed by atoms with van der Waals surface area (Å²) >= 11 is 3.67. The third kappa shape index (κ3) is 5.07. The Morgan fingerprint density at radius 1 is 1.05 bits per heavy atom. The first kappa shape index (κ1) is 27.7. The van der Waals surface area contributed by atoms with Gasteiger partial charge >= 0.3 is 0 Å². The number of aryl methyl sites for hydroxylation is 3. The number of carbonyl (C=O) groups excluding carboxylic acids is 1. The van der Waals surface area contributed by atoms with Crippen molar-refractivity contribution < 1.29 is 9.53 Å². The number of ketones is 1. The zero-order chi connectivity index (χ0) is 28.8. The number of benzene rings is 3. The minimum absolute atomic E-state index is 0.0611. The lowest BCUT2D eigenvalue weighted by Crippen LogP contribution is -2.42. The smallest absolute Gasteiger partial charge is 0.162 e. The van der Waals surface area contributed by atoms with E-state index in [-0.39, 0.29) is 11.2 Å². The van der Waals surface area contributed by atoms with Crippen molar-refractivity contribution in [1.82, 2.24) is 0 Å². The Kier molecular flexibility index (Phi) is 7.37. The second-order valence-corrected chi connectivity index (χ2v) is 12.5. The van der Waals surface area contributed by atoms with Gasteiger partial charge in [-0.05, 0) is 95.1 Å². The number of Topliss-reactive ketones (excluding diaryl/α,β-unsaturated/α-hetero) is 1. The van der Waals surface area contributed by atoms with Crippen molar-refractivity contribution in [3.05, 3.63) is 116 Å². The average Bonchev–Trinajstić information content (AvgIpc) is 2.89. The van der Waals surface area contributed by atoms with Gasteiger partial charge in [0.2, 0.25) is 0 Å². The van der Waals surface area contributed by atoms with E-state index in [1.165, 1.54) is 5.56 Å². The summed E-state index contributed by atoms with van der Waals surface area (Å²) in [7, 11) is 0. The number of carbonyl (C=O) groups is 1. The van der Waals surface area contributed by atoms with Gasteiger partial charge in [0.1, 0.15) is 18.2 Å². The molecule has 0 radical (unpaired) electrons. The van der Waals surface area contributed by atoms with Crippen molar-refractivity contribution in [2.24, 2.45) is 11.1 Å². The second-order valence-electron chi connectivity index (χ2n) is 11.7. The third-order valence-corrected chi connectivity index (χ3v) is 8.60. The highest BCUT2D eigenvalue weighted by molar-refractivity contribution is 9.10. The number of halogens is 1. The quantitative estimate of drug-likeness (QED) is 0.324.